The molecule has 0 aliphatic carbocycles. The maximum absolute atomic E-state index is 5.34. The number of nitrogens with zero attached hydrogens (tertiary/aromatic N) is 1. The van der Waals surface area contributed by atoms with Crippen molar-refractivity contribution in [3.63, 3.8) is 0 Å². The number of fused-ring (bicyclic) bond motifs is 1. The normalized spacial score (nSPS) is 10.8. The highest BCUT2D eigenvalue weighted by Gasteiger charge is 2.02. The largest absolute Gasteiger partial charge is 0.362 e. The van der Waals surface area contributed by atoms with Gasteiger partial charge in [0.2, 0.25) is 0 Å². The molecule has 0 atom stereocenters. The monoisotopic (exact) mass is 287 g/mol. The molecule has 20 heavy (non-hydrogen) atoms. The summed E-state index contributed by atoms with van der Waals surface area (Å²) in [5.74, 6) is 0. The van der Waals surface area contributed by atoms with Crippen LogP contribution in [-0.4, -0.2) is 37.2 Å². The lowest BCUT2D eigenvalue weighted by Crippen LogP contribution is -2.30. The maximum Gasteiger partial charge on any atom is 0.170 e. The third-order valence-electron chi connectivity index (χ3n) is 3.11. The first kappa shape index (κ1) is 14.8. The van der Waals surface area contributed by atoms with E-state index < -0.39 is 0 Å². The number of thiocarbonyl (C=S) groups is 1. The van der Waals surface area contributed by atoms with E-state index in [-0.39, 0.29) is 0 Å². The van der Waals surface area contributed by atoms with Gasteiger partial charge in [0, 0.05) is 17.6 Å². The molecule has 3 nitrogen and oxygen atoms in total. The maximum atomic E-state index is 5.34. The van der Waals surface area contributed by atoms with Gasteiger partial charge < -0.3 is 15.5 Å². The Kier molecular flexibility index (Phi) is 5.32. The summed E-state index contributed by atoms with van der Waals surface area (Å²) < 4.78 is 0. The fraction of sp³-hybridized carbons (Fsp3) is 0.312. The second kappa shape index (κ2) is 7.22. The quantitative estimate of drug-likeness (QED) is 0.653. The molecule has 2 rings (SSSR count). The minimum absolute atomic E-state index is 0.681. The minimum atomic E-state index is 0.681. The average Bonchev–Trinajstić information content (AvgIpc) is 2.44. The number of anilines is 1. The summed E-state index contributed by atoms with van der Waals surface area (Å²) in [7, 11) is 4.15. The Morgan fingerprint density at radius 2 is 1.85 bits per heavy atom. The van der Waals surface area contributed by atoms with Crippen LogP contribution in [0.2, 0.25) is 0 Å². The first-order valence-corrected chi connectivity index (χ1v) is 7.25. The number of hydrogen-bond acceptors (Lipinski definition) is 2. The average molecular weight is 287 g/mol. The van der Waals surface area contributed by atoms with Gasteiger partial charge in [-0.15, -0.1) is 0 Å². The van der Waals surface area contributed by atoms with Crippen LogP contribution in [0.15, 0.2) is 42.5 Å². The molecular formula is C16H21N3S. The van der Waals surface area contributed by atoms with Crippen LogP contribution in [0.5, 0.6) is 0 Å². The highest BCUT2D eigenvalue weighted by Crippen LogP contribution is 2.22. The minimum Gasteiger partial charge on any atom is -0.362 e. The Balaban J connectivity index is 1.93. The van der Waals surface area contributed by atoms with Crippen molar-refractivity contribution in [1.29, 1.82) is 0 Å². The molecule has 0 aromatic heterocycles. The van der Waals surface area contributed by atoms with E-state index in [0.29, 0.717) is 5.11 Å². The van der Waals surface area contributed by atoms with Crippen LogP contribution in [0.25, 0.3) is 10.8 Å². The van der Waals surface area contributed by atoms with Gasteiger partial charge in [0.15, 0.2) is 5.11 Å². The topological polar surface area (TPSA) is 27.3 Å². The van der Waals surface area contributed by atoms with Gasteiger partial charge in [0.25, 0.3) is 0 Å². The summed E-state index contributed by atoms with van der Waals surface area (Å²) in [6.07, 6.45) is 1.07. The van der Waals surface area contributed by atoms with E-state index in [2.05, 4.69) is 53.9 Å². The van der Waals surface area contributed by atoms with Crippen LogP contribution in [-0.2, 0) is 0 Å². The van der Waals surface area contributed by atoms with E-state index in [1.807, 2.05) is 18.2 Å². The molecule has 0 aliphatic heterocycles. The third kappa shape index (κ3) is 4.18. The van der Waals surface area contributed by atoms with E-state index >= 15 is 0 Å². The van der Waals surface area contributed by atoms with Gasteiger partial charge in [0.05, 0.1) is 0 Å². The fourth-order valence-electron chi connectivity index (χ4n) is 2.10. The molecule has 0 saturated heterocycles. The smallest absolute Gasteiger partial charge is 0.170 e. The van der Waals surface area contributed by atoms with E-state index in [1.165, 1.54) is 10.8 Å². The van der Waals surface area contributed by atoms with Crippen LogP contribution in [0.3, 0.4) is 0 Å². The van der Waals surface area contributed by atoms with Crippen LogP contribution in [0.1, 0.15) is 6.42 Å². The summed E-state index contributed by atoms with van der Waals surface area (Å²) in [5.41, 5.74) is 1.05. The van der Waals surface area contributed by atoms with Gasteiger partial charge in [0.1, 0.15) is 0 Å². The zero-order valence-corrected chi connectivity index (χ0v) is 12.8. The standard InChI is InChI=1S/C16H21N3S/c1-19(2)12-6-11-17-16(20)18-15-10-5-8-13-7-3-4-9-14(13)15/h3-5,7-10H,6,11-12H2,1-2H3,(H2,17,18,20). The van der Waals surface area contributed by atoms with Crippen molar-refractivity contribution < 1.29 is 0 Å². The predicted octanol–water partition coefficient (Wildman–Crippen LogP) is 3.08. The molecule has 2 aromatic carbocycles. The van der Waals surface area contributed by atoms with Crippen LogP contribution in [0, 0.1) is 0 Å². The van der Waals surface area contributed by atoms with Crippen molar-refractivity contribution in [1.82, 2.24) is 10.2 Å². The molecule has 106 valence electrons. The molecule has 0 unspecified atom stereocenters. The van der Waals surface area contributed by atoms with Crippen molar-refractivity contribution in [2.24, 2.45) is 0 Å². The zero-order valence-electron chi connectivity index (χ0n) is 12.0. The van der Waals surface area contributed by atoms with Gasteiger partial charge in [-0.3, -0.25) is 0 Å². The molecular weight excluding hydrogens is 266 g/mol. The number of nitrogens with one attached hydrogen (secondary N) is 2. The van der Waals surface area contributed by atoms with Crippen molar-refractivity contribution in [2.45, 2.75) is 6.42 Å². The Bertz CT molecular complexity index is 575. The Labute approximate surface area is 126 Å². The van der Waals surface area contributed by atoms with Crippen molar-refractivity contribution >= 4 is 33.8 Å². The molecule has 2 aromatic rings. The number of benzene rings is 2. The number of hydrogen-bond donors (Lipinski definition) is 2. The summed E-state index contributed by atoms with van der Waals surface area (Å²) in [6, 6.07) is 14.5. The summed E-state index contributed by atoms with van der Waals surface area (Å²) in [5, 5.41) is 9.61. The van der Waals surface area contributed by atoms with Gasteiger partial charge in [-0.25, -0.2) is 0 Å². The van der Waals surface area contributed by atoms with E-state index in [1.54, 1.807) is 0 Å². The molecule has 0 saturated carbocycles. The molecule has 4 heteroatoms. The molecule has 2 N–H and O–H groups in total. The number of rotatable bonds is 5. The Morgan fingerprint density at radius 3 is 2.65 bits per heavy atom. The lowest BCUT2D eigenvalue weighted by molar-refractivity contribution is 0.400. The SMILES string of the molecule is CN(C)CCCNC(=S)Nc1cccc2ccccc12. The van der Waals surface area contributed by atoms with Gasteiger partial charge in [-0.05, 0) is 50.7 Å². The molecule has 0 heterocycles. The highest BCUT2D eigenvalue weighted by molar-refractivity contribution is 7.80. The van der Waals surface area contributed by atoms with Gasteiger partial charge in [-0.1, -0.05) is 36.4 Å². The molecule has 0 aliphatic rings. The van der Waals surface area contributed by atoms with E-state index in [4.69, 9.17) is 12.2 Å². The lowest BCUT2D eigenvalue weighted by Gasteiger charge is -2.14. The summed E-state index contributed by atoms with van der Waals surface area (Å²) in [4.78, 5) is 2.17. The molecule has 0 spiro atoms. The van der Waals surface area contributed by atoms with Gasteiger partial charge in [-0.2, -0.15) is 0 Å². The molecule has 0 radical (unpaired) electrons. The molecule has 0 amide bonds. The van der Waals surface area contributed by atoms with E-state index in [0.717, 1.165) is 25.2 Å². The first-order chi connectivity index (χ1) is 9.66. The van der Waals surface area contributed by atoms with Crippen LogP contribution < -0.4 is 10.6 Å². The first-order valence-electron chi connectivity index (χ1n) is 6.84. The second-order valence-corrected chi connectivity index (χ2v) is 5.47. The van der Waals surface area contributed by atoms with E-state index in [9.17, 15) is 0 Å². The predicted molar refractivity (Wildman–Crippen MR) is 91.3 cm³/mol. The molecule has 0 bridgehead atoms. The van der Waals surface area contributed by atoms with Crippen molar-refractivity contribution in [2.75, 3.05) is 32.5 Å². The zero-order chi connectivity index (χ0) is 14.4. The second-order valence-electron chi connectivity index (χ2n) is 5.06. The summed E-state index contributed by atoms with van der Waals surface area (Å²) >= 11 is 5.34. The Morgan fingerprint density at radius 1 is 1.10 bits per heavy atom. The molecule has 0 fully saturated rings. The van der Waals surface area contributed by atoms with Crippen molar-refractivity contribution in [3.8, 4) is 0 Å². The fourth-order valence-corrected chi connectivity index (χ4v) is 2.31. The lowest BCUT2D eigenvalue weighted by atomic mass is 10.1. The highest BCUT2D eigenvalue weighted by atomic mass is 32.1. The third-order valence-corrected chi connectivity index (χ3v) is 3.35. The van der Waals surface area contributed by atoms with Gasteiger partial charge >= 0.3 is 0 Å². The van der Waals surface area contributed by atoms with Crippen LogP contribution >= 0.6 is 12.2 Å². The van der Waals surface area contributed by atoms with Crippen LogP contribution in [0.4, 0.5) is 5.69 Å². The Hall–Kier alpha value is -1.65. The van der Waals surface area contributed by atoms with Crippen molar-refractivity contribution in [3.05, 3.63) is 42.5 Å². The summed E-state index contributed by atoms with van der Waals surface area (Å²) in [6.45, 7) is 1.94.